The van der Waals surface area contributed by atoms with Gasteiger partial charge in [-0.05, 0) is 19.3 Å². The van der Waals surface area contributed by atoms with Crippen LogP contribution in [0, 0.1) is 0 Å². The molecule has 108 valence electrons. The second kappa shape index (κ2) is 9.38. The highest BCUT2D eigenvalue weighted by Gasteiger charge is 2.08. The van der Waals surface area contributed by atoms with Crippen LogP contribution in [0.2, 0.25) is 0 Å². The van der Waals surface area contributed by atoms with Gasteiger partial charge in [-0.2, -0.15) is 4.98 Å². The standard InChI is InChI=1S/C13H24N4O2/c1-3-7-18-9-5-6-15-12-11(14)13(17-10-16-12)19-8-4-2/h10H,3-9,14H2,1-2H3,(H,15,16,17). The van der Waals surface area contributed by atoms with E-state index in [2.05, 4.69) is 22.2 Å². The molecule has 0 aliphatic heterocycles. The van der Waals surface area contributed by atoms with Crippen LogP contribution in [0.3, 0.4) is 0 Å². The van der Waals surface area contributed by atoms with Crippen molar-refractivity contribution in [2.24, 2.45) is 0 Å². The Morgan fingerprint density at radius 1 is 1.16 bits per heavy atom. The summed E-state index contributed by atoms with van der Waals surface area (Å²) < 4.78 is 10.8. The summed E-state index contributed by atoms with van der Waals surface area (Å²) in [4.78, 5) is 8.14. The summed E-state index contributed by atoms with van der Waals surface area (Å²) in [6.07, 6.45) is 4.33. The lowest BCUT2D eigenvalue weighted by atomic mass is 10.4. The molecule has 3 N–H and O–H groups in total. The van der Waals surface area contributed by atoms with Gasteiger partial charge in [0, 0.05) is 19.8 Å². The topological polar surface area (TPSA) is 82.3 Å². The second-order valence-corrected chi connectivity index (χ2v) is 4.18. The fourth-order valence-corrected chi connectivity index (χ4v) is 1.46. The Kier molecular flexibility index (Phi) is 7.65. The molecule has 0 amide bonds. The van der Waals surface area contributed by atoms with Crippen molar-refractivity contribution in [2.45, 2.75) is 33.1 Å². The van der Waals surface area contributed by atoms with Crippen LogP contribution in [0.5, 0.6) is 5.88 Å². The number of ether oxygens (including phenoxy) is 2. The molecule has 0 saturated carbocycles. The molecule has 0 aliphatic rings. The zero-order valence-corrected chi connectivity index (χ0v) is 11.8. The maximum atomic E-state index is 5.94. The van der Waals surface area contributed by atoms with Gasteiger partial charge >= 0.3 is 0 Å². The summed E-state index contributed by atoms with van der Waals surface area (Å²) in [5.41, 5.74) is 6.41. The van der Waals surface area contributed by atoms with Gasteiger partial charge in [0.1, 0.15) is 12.0 Å². The molecule has 0 unspecified atom stereocenters. The average molecular weight is 268 g/mol. The minimum absolute atomic E-state index is 0.446. The van der Waals surface area contributed by atoms with E-state index in [1.54, 1.807) is 0 Å². The number of nitrogen functional groups attached to an aromatic ring is 1. The van der Waals surface area contributed by atoms with E-state index >= 15 is 0 Å². The number of nitrogens with two attached hydrogens (primary N) is 1. The third-order valence-corrected chi connectivity index (χ3v) is 2.40. The Labute approximate surface area is 114 Å². The zero-order chi connectivity index (χ0) is 13.9. The summed E-state index contributed by atoms with van der Waals surface area (Å²) in [7, 11) is 0. The highest BCUT2D eigenvalue weighted by molar-refractivity contribution is 5.66. The SMILES string of the molecule is CCCOCCCNc1ncnc(OCCC)c1N. The summed E-state index contributed by atoms with van der Waals surface area (Å²) in [6.45, 7) is 7.05. The largest absolute Gasteiger partial charge is 0.476 e. The van der Waals surface area contributed by atoms with Crippen LogP contribution in [0.1, 0.15) is 33.1 Å². The Hall–Kier alpha value is -1.56. The first-order valence-corrected chi connectivity index (χ1v) is 6.84. The van der Waals surface area contributed by atoms with E-state index < -0.39 is 0 Å². The lowest BCUT2D eigenvalue weighted by Crippen LogP contribution is -2.11. The number of aromatic nitrogens is 2. The Balaban J connectivity index is 2.36. The van der Waals surface area contributed by atoms with Gasteiger partial charge in [-0.15, -0.1) is 0 Å². The third-order valence-electron chi connectivity index (χ3n) is 2.40. The van der Waals surface area contributed by atoms with Gasteiger partial charge in [-0.1, -0.05) is 13.8 Å². The van der Waals surface area contributed by atoms with Crippen molar-refractivity contribution in [1.29, 1.82) is 0 Å². The molecule has 1 aromatic rings. The number of nitrogens with zero attached hydrogens (tertiary/aromatic N) is 2. The van der Waals surface area contributed by atoms with Crippen molar-refractivity contribution in [3.8, 4) is 5.88 Å². The predicted molar refractivity (Wildman–Crippen MR) is 76.4 cm³/mol. The zero-order valence-electron chi connectivity index (χ0n) is 11.8. The van der Waals surface area contributed by atoms with E-state index in [1.807, 2.05) is 6.92 Å². The molecule has 6 heteroatoms. The second-order valence-electron chi connectivity index (χ2n) is 4.18. The highest BCUT2D eigenvalue weighted by Crippen LogP contribution is 2.24. The molecular formula is C13H24N4O2. The van der Waals surface area contributed by atoms with Gasteiger partial charge in [0.2, 0.25) is 5.88 Å². The Morgan fingerprint density at radius 3 is 2.68 bits per heavy atom. The van der Waals surface area contributed by atoms with E-state index in [-0.39, 0.29) is 0 Å². The van der Waals surface area contributed by atoms with Crippen molar-refractivity contribution in [1.82, 2.24) is 9.97 Å². The molecule has 0 saturated heterocycles. The van der Waals surface area contributed by atoms with Crippen LogP contribution in [-0.2, 0) is 4.74 Å². The summed E-state index contributed by atoms with van der Waals surface area (Å²) in [5, 5.41) is 3.17. The number of hydrogen-bond donors (Lipinski definition) is 2. The first-order chi connectivity index (χ1) is 9.29. The fraction of sp³-hybridized carbons (Fsp3) is 0.692. The minimum Gasteiger partial charge on any atom is -0.476 e. The van der Waals surface area contributed by atoms with Crippen LogP contribution in [0.15, 0.2) is 6.33 Å². The van der Waals surface area contributed by atoms with Crippen LogP contribution in [0.25, 0.3) is 0 Å². The van der Waals surface area contributed by atoms with Crippen molar-refractivity contribution in [3.63, 3.8) is 0 Å². The average Bonchev–Trinajstić information content (AvgIpc) is 2.43. The van der Waals surface area contributed by atoms with E-state index in [1.165, 1.54) is 6.33 Å². The van der Waals surface area contributed by atoms with E-state index in [4.69, 9.17) is 15.2 Å². The van der Waals surface area contributed by atoms with Gasteiger partial charge in [0.05, 0.1) is 6.61 Å². The molecule has 1 heterocycles. The molecule has 0 radical (unpaired) electrons. The van der Waals surface area contributed by atoms with E-state index in [9.17, 15) is 0 Å². The van der Waals surface area contributed by atoms with Crippen LogP contribution in [0.4, 0.5) is 11.5 Å². The van der Waals surface area contributed by atoms with Gasteiger partial charge in [-0.25, -0.2) is 4.98 Å². The van der Waals surface area contributed by atoms with E-state index in [0.717, 1.165) is 39.0 Å². The van der Waals surface area contributed by atoms with Gasteiger partial charge in [0.25, 0.3) is 0 Å². The quantitative estimate of drug-likeness (QED) is 0.632. The molecule has 0 aliphatic carbocycles. The fourth-order valence-electron chi connectivity index (χ4n) is 1.46. The molecule has 0 spiro atoms. The van der Waals surface area contributed by atoms with Gasteiger partial charge < -0.3 is 20.5 Å². The maximum absolute atomic E-state index is 5.94. The van der Waals surface area contributed by atoms with Gasteiger partial charge in [-0.3, -0.25) is 0 Å². The van der Waals surface area contributed by atoms with Gasteiger partial charge in [0.15, 0.2) is 5.82 Å². The normalized spacial score (nSPS) is 10.4. The maximum Gasteiger partial charge on any atom is 0.242 e. The summed E-state index contributed by atoms with van der Waals surface area (Å²) >= 11 is 0. The third kappa shape index (κ3) is 5.74. The highest BCUT2D eigenvalue weighted by atomic mass is 16.5. The monoisotopic (exact) mass is 268 g/mol. The minimum atomic E-state index is 0.446. The Morgan fingerprint density at radius 2 is 1.95 bits per heavy atom. The first kappa shape index (κ1) is 15.5. The Bertz CT molecular complexity index is 360. The number of rotatable bonds is 10. The lowest BCUT2D eigenvalue weighted by molar-refractivity contribution is 0.134. The number of hydrogen-bond acceptors (Lipinski definition) is 6. The molecule has 0 atom stereocenters. The van der Waals surface area contributed by atoms with E-state index in [0.29, 0.717) is 24.0 Å². The van der Waals surface area contributed by atoms with Crippen molar-refractivity contribution < 1.29 is 9.47 Å². The lowest BCUT2D eigenvalue weighted by Gasteiger charge is -2.11. The molecular weight excluding hydrogens is 244 g/mol. The van der Waals surface area contributed by atoms with Crippen LogP contribution in [-0.4, -0.2) is 36.3 Å². The molecule has 0 aromatic carbocycles. The van der Waals surface area contributed by atoms with Crippen LogP contribution < -0.4 is 15.8 Å². The molecule has 0 fully saturated rings. The number of nitrogens with one attached hydrogen (secondary N) is 1. The smallest absolute Gasteiger partial charge is 0.242 e. The molecule has 6 nitrogen and oxygen atoms in total. The van der Waals surface area contributed by atoms with Crippen molar-refractivity contribution in [2.75, 3.05) is 37.4 Å². The van der Waals surface area contributed by atoms with Crippen molar-refractivity contribution >= 4 is 11.5 Å². The van der Waals surface area contributed by atoms with Crippen molar-refractivity contribution in [3.05, 3.63) is 6.33 Å². The predicted octanol–water partition coefficient (Wildman–Crippen LogP) is 2.08. The van der Waals surface area contributed by atoms with Crippen LogP contribution >= 0.6 is 0 Å². The molecule has 19 heavy (non-hydrogen) atoms. The molecule has 1 rings (SSSR count). The first-order valence-electron chi connectivity index (χ1n) is 6.84. The molecule has 0 bridgehead atoms. The number of anilines is 2. The summed E-state index contributed by atoms with van der Waals surface area (Å²) in [6, 6.07) is 0. The summed E-state index contributed by atoms with van der Waals surface area (Å²) in [5.74, 6) is 1.07. The molecule has 1 aromatic heterocycles.